The van der Waals surface area contributed by atoms with E-state index < -0.39 is 5.60 Å². The molecule has 1 aliphatic heterocycles. The SMILES string of the molecule is CC1(O)CCN(Cc2cnc(NN)s2)C1. The summed E-state index contributed by atoms with van der Waals surface area (Å²) < 4.78 is 0. The van der Waals surface area contributed by atoms with Crippen LogP contribution in [0.2, 0.25) is 0 Å². The molecule has 0 saturated carbocycles. The molecule has 1 aromatic heterocycles. The highest BCUT2D eigenvalue weighted by atomic mass is 32.1. The Hall–Kier alpha value is -0.690. The van der Waals surface area contributed by atoms with Crippen molar-refractivity contribution < 1.29 is 5.11 Å². The summed E-state index contributed by atoms with van der Waals surface area (Å²) in [6, 6.07) is 0. The molecule has 1 aromatic rings. The fourth-order valence-corrected chi connectivity index (χ4v) is 2.61. The third-order valence-corrected chi connectivity index (χ3v) is 3.50. The Morgan fingerprint density at radius 3 is 3.13 bits per heavy atom. The Balaban J connectivity index is 1.92. The van der Waals surface area contributed by atoms with Crippen LogP contribution in [-0.2, 0) is 6.54 Å². The molecule has 5 nitrogen and oxygen atoms in total. The maximum atomic E-state index is 9.81. The van der Waals surface area contributed by atoms with Crippen molar-refractivity contribution in [2.24, 2.45) is 5.84 Å². The minimum atomic E-state index is -0.528. The summed E-state index contributed by atoms with van der Waals surface area (Å²) in [6.45, 7) is 4.40. The number of rotatable bonds is 3. The Morgan fingerprint density at radius 2 is 2.60 bits per heavy atom. The number of aliphatic hydroxyl groups is 1. The van der Waals surface area contributed by atoms with E-state index in [9.17, 15) is 5.11 Å². The van der Waals surface area contributed by atoms with E-state index in [2.05, 4.69) is 15.3 Å². The molecular weight excluding hydrogens is 212 g/mol. The minimum Gasteiger partial charge on any atom is -0.389 e. The van der Waals surface area contributed by atoms with Gasteiger partial charge in [0.25, 0.3) is 0 Å². The number of hydrogen-bond donors (Lipinski definition) is 3. The van der Waals surface area contributed by atoms with Gasteiger partial charge in [-0.25, -0.2) is 10.8 Å². The number of thiazole rings is 1. The molecule has 0 aliphatic carbocycles. The van der Waals surface area contributed by atoms with Crippen LogP contribution < -0.4 is 11.3 Å². The molecule has 0 aromatic carbocycles. The van der Waals surface area contributed by atoms with Crippen LogP contribution in [0.15, 0.2) is 6.20 Å². The van der Waals surface area contributed by atoms with Crippen molar-refractivity contribution in [3.05, 3.63) is 11.1 Å². The van der Waals surface area contributed by atoms with Gasteiger partial charge in [0.1, 0.15) is 0 Å². The zero-order valence-corrected chi connectivity index (χ0v) is 9.55. The van der Waals surface area contributed by atoms with E-state index in [0.29, 0.717) is 0 Å². The quantitative estimate of drug-likeness (QED) is 0.515. The third-order valence-electron chi connectivity index (χ3n) is 2.59. The first-order chi connectivity index (χ1) is 7.09. The van der Waals surface area contributed by atoms with Crippen molar-refractivity contribution >= 4 is 16.5 Å². The molecule has 0 radical (unpaired) electrons. The molecule has 15 heavy (non-hydrogen) atoms. The van der Waals surface area contributed by atoms with Crippen LogP contribution in [0.25, 0.3) is 0 Å². The van der Waals surface area contributed by atoms with Crippen molar-refractivity contribution in [1.29, 1.82) is 0 Å². The number of β-amino-alcohol motifs (C(OH)–C–C–N with tert-alkyl or cyclic N) is 1. The number of anilines is 1. The van der Waals surface area contributed by atoms with Crippen LogP contribution in [0.4, 0.5) is 5.13 Å². The molecule has 2 heterocycles. The first-order valence-corrected chi connectivity index (χ1v) is 5.77. The van der Waals surface area contributed by atoms with Crippen molar-refractivity contribution in [3.63, 3.8) is 0 Å². The van der Waals surface area contributed by atoms with Gasteiger partial charge in [0.15, 0.2) is 5.13 Å². The third kappa shape index (κ3) is 2.66. The van der Waals surface area contributed by atoms with E-state index in [1.54, 1.807) is 11.3 Å². The molecule has 0 spiro atoms. The van der Waals surface area contributed by atoms with E-state index in [1.807, 2.05) is 13.1 Å². The zero-order chi connectivity index (χ0) is 10.9. The average Bonchev–Trinajstić information content (AvgIpc) is 2.73. The largest absolute Gasteiger partial charge is 0.389 e. The van der Waals surface area contributed by atoms with Crippen LogP contribution in [0.1, 0.15) is 18.2 Å². The Morgan fingerprint density at radius 1 is 1.80 bits per heavy atom. The first-order valence-electron chi connectivity index (χ1n) is 4.95. The van der Waals surface area contributed by atoms with E-state index in [4.69, 9.17) is 5.84 Å². The monoisotopic (exact) mass is 228 g/mol. The van der Waals surface area contributed by atoms with Gasteiger partial charge >= 0.3 is 0 Å². The summed E-state index contributed by atoms with van der Waals surface area (Å²) in [5.74, 6) is 5.26. The van der Waals surface area contributed by atoms with Crippen LogP contribution in [0, 0.1) is 0 Å². The maximum absolute atomic E-state index is 9.81. The molecule has 84 valence electrons. The highest BCUT2D eigenvalue weighted by molar-refractivity contribution is 7.15. The molecule has 2 rings (SSSR count). The number of nitrogens with two attached hydrogens (primary N) is 1. The molecule has 1 fully saturated rings. The predicted octanol–water partition coefficient (Wildman–Crippen LogP) is 0.385. The van der Waals surface area contributed by atoms with Crippen molar-refractivity contribution in [2.75, 3.05) is 18.5 Å². The number of likely N-dealkylation sites (tertiary alicyclic amines) is 1. The van der Waals surface area contributed by atoms with Gasteiger partial charge in [-0.2, -0.15) is 0 Å². The number of nitrogens with one attached hydrogen (secondary N) is 1. The molecule has 0 bridgehead atoms. The average molecular weight is 228 g/mol. The van der Waals surface area contributed by atoms with Gasteiger partial charge in [0, 0.05) is 30.7 Å². The maximum Gasteiger partial charge on any atom is 0.197 e. The number of nitrogen functional groups attached to an aromatic ring is 1. The highest BCUT2D eigenvalue weighted by Crippen LogP contribution is 2.24. The second-order valence-electron chi connectivity index (χ2n) is 4.23. The molecule has 1 atom stereocenters. The smallest absolute Gasteiger partial charge is 0.197 e. The number of aromatic nitrogens is 1. The lowest BCUT2D eigenvalue weighted by atomic mass is 10.1. The van der Waals surface area contributed by atoms with E-state index >= 15 is 0 Å². The van der Waals surface area contributed by atoms with Gasteiger partial charge in [-0.3, -0.25) is 10.3 Å². The van der Waals surface area contributed by atoms with Gasteiger partial charge in [0.2, 0.25) is 0 Å². The van der Waals surface area contributed by atoms with Gasteiger partial charge in [0.05, 0.1) is 5.60 Å². The standard InChI is InChI=1S/C9H16N4OS/c1-9(14)2-3-13(6-9)5-7-4-11-8(12-10)15-7/h4,14H,2-3,5-6,10H2,1H3,(H,11,12). The van der Waals surface area contributed by atoms with Gasteiger partial charge in [-0.1, -0.05) is 11.3 Å². The van der Waals surface area contributed by atoms with E-state index in [1.165, 1.54) is 4.88 Å². The summed E-state index contributed by atoms with van der Waals surface area (Å²) >= 11 is 1.55. The summed E-state index contributed by atoms with van der Waals surface area (Å²) in [7, 11) is 0. The fourth-order valence-electron chi connectivity index (χ4n) is 1.84. The highest BCUT2D eigenvalue weighted by Gasteiger charge is 2.31. The van der Waals surface area contributed by atoms with E-state index in [0.717, 1.165) is 31.2 Å². The van der Waals surface area contributed by atoms with E-state index in [-0.39, 0.29) is 0 Å². The second-order valence-corrected chi connectivity index (χ2v) is 5.35. The zero-order valence-electron chi connectivity index (χ0n) is 8.73. The molecule has 6 heteroatoms. The molecule has 1 aliphatic rings. The molecule has 0 amide bonds. The van der Waals surface area contributed by atoms with Crippen molar-refractivity contribution in [3.8, 4) is 0 Å². The lowest BCUT2D eigenvalue weighted by Gasteiger charge is -2.17. The summed E-state index contributed by atoms with van der Waals surface area (Å²) in [5, 5.41) is 10.5. The molecule has 1 unspecified atom stereocenters. The van der Waals surface area contributed by atoms with Crippen molar-refractivity contribution in [1.82, 2.24) is 9.88 Å². The normalized spacial score (nSPS) is 27.1. The lowest BCUT2D eigenvalue weighted by molar-refractivity contribution is 0.0680. The Labute approximate surface area is 92.9 Å². The predicted molar refractivity (Wildman–Crippen MR) is 60.4 cm³/mol. The summed E-state index contributed by atoms with van der Waals surface area (Å²) in [6.07, 6.45) is 2.67. The summed E-state index contributed by atoms with van der Waals surface area (Å²) in [5.41, 5.74) is 2.00. The Kier molecular flexibility index (Phi) is 2.92. The number of hydrazine groups is 1. The number of nitrogens with zero attached hydrogens (tertiary/aromatic N) is 2. The Bertz CT molecular complexity index is 339. The summed E-state index contributed by atoms with van der Waals surface area (Å²) in [4.78, 5) is 7.50. The van der Waals surface area contributed by atoms with Gasteiger partial charge < -0.3 is 5.11 Å². The van der Waals surface area contributed by atoms with Crippen LogP contribution in [0.3, 0.4) is 0 Å². The van der Waals surface area contributed by atoms with Crippen LogP contribution in [-0.4, -0.2) is 33.7 Å². The lowest BCUT2D eigenvalue weighted by Crippen LogP contribution is -2.29. The molecular formula is C9H16N4OS. The van der Waals surface area contributed by atoms with Crippen LogP contribution >= 0.6 is 11.3 Å². The van der Waals surface area contributed by atoms with Crippen LogP contribution in [0.5, 0.6) is 0 Å². The topological polar surface area (TPSA) is 74.4 Å². The number of hydrogen-bond acceptors (Lipinski definition) is 6. The van der Waals surface area contributed by atoms with Gasteiger partial charge in [-0.05, 0) is 13.3 Å². The molecule has 1 saturated heterocycles. The second kappa shape index (κ2) is 4.05. The molecule has 4 N–H and O–H groups in total. The van der Waals surface area contributed by atoms with Crippen molar-refractivity contribution in [2.45, 2.75) is 25.5 Å². The first kappa shape index (κ1) is 10.8. The minimum absolute atomic E-state index is 0.528. The fraction of sp³-hybridized carbons (Fsp3) is 0.667. The van der Waals surface area contributed by atoms with Gasteiger partial charge in [-0.15, -0.1) is 0 Å².